The minimum absolute atomic E-state index is 0.0509. The fourth-order valence-electron chi connectivity index (χ4n) is 3.30. The van der Waals surface area contributed by atoms with Crippen LogP contribution in [0.4, 0.5) is 0 Å². The standard InChI is InChI=1S/C19H19N3OS/c23-12-18-16-6-2-1-5-14(16)8-10-22(18)11-15-13-24-19(21-15)17-7-3-4-9-20-17/h1-7,9,13,18,23H,8,10-12H2. The Hall–Kier alpha value is -2.08. The Kier molecular flexibility index (Phi) is 4.38. The normalized spacial score (nSPS) is 17.6. The average Bonchev–Trinajstić information content (AvgIpc) is 3.11. The first-order valence-corrected chi connectivity index (χ1v) is 9.01. The van der Waals surface area contributed by atoms with Crippen LogP contribution in [0.25, 0.3) is 10.7 Å². The predicted molar refractivity (Wildman–Crippen MR) is 95.7 cm³/mol. The number of benzene rings is 1. The van der Waals surface area contributed by atoms with Crippen LogP contribution < -0.4 is 0 Å². The Bertz CT molecular complexity index is 818. The van der Waals surface area contributed by atoms with Crippen molar-refractivity contribution in [1.29, 1.82) is 0 Å². The summed E-state index contributed by atoms with van der Waals surface area (Å²) < 4.78 is 0. The van der Waals surface area contributed by atoms with Gasteiger partial charge in [-0.15, -0.1) is 11.3 Å². The monoisotopic (exact) mass is 337 g/mol. The zero-order valence-electron chi connectivity index (χ0n) is 13.3. The molecule has 3 aromatic rings. The largest absolute Gasteiger partial charge is 0.394 e. The van der Waals surface area contributed by atoms with Crippen molar-refractivity contribution in [2.75, 3.05) is 13.2 Å². The van der Waals surface area contributed by atoms with Gasteiger partial charge in [0.05, 0.1) is 24.0 Å². The first-order valence-electron chi connectivity index (χ1n) is 8.13. The number of pyridine rings is 1. The Balaban J connectivity index is 1.55. The second-order valence-corrected chi connectivity index (χ2v) is 6.83. The maximum atomic E-state index is 9.90. The molecule has 1 N–H and O–H groups in total. The third-order valence-electron chi connectivity index (χ3n) is 4.50. The molecule has 3 heterocycles. The summed E-state index contributed by atoms with van der Waals surface area (Å²) in [6.07, 6.45) is 2.81. The zero-order chi connectivity index (χ0) is 16.4. The maximum absolute atomic E-state index is 9.90. The molecule has 1 aliphatic heterocycles. The number of nitrogens with zero attached hydrogens (tertiary/aromatic N) is 3. The number of aliphatic hydroxyl groups excluding tert-OH is 1. The molecule has 5 heteroatoms. The molecular formula is C19H19N3OS. The topological polar surface area (TPSA) is 49.2 Å². The van der Waals surface area contributed by atoms with Gasteiger partial charge in [-0.05, 0) is 29.7 Å². The highest BCUT2D eigenvalue weighted by Gasteiger charge is 2.27. The van der Waals surface area contributed by atoms with Crippen molar-refractivity contribution in [2.45, 2.75) is 19.0 Å². The van der Waals surface area contributed by atoms with E-state index in [0.29, 0.717) is 0 Å². The van der Waals surface area contributed by atoms with Crippen LogP contribution >= 0.6 is 11.3 Å². The number of thiazole rings is 1. The van der Waals surface area contributed by atoms with Gasteiger partial charge in [0.15, 0.2) is 0 Å². The summed E-state index contributed by atoms with van der Waals surface area (Å²) in [6.45, 7) is 1.83. The summed E-state index contributed by atoms with van der Waals surface area (Å²) >= 11 is 1.62. The van der Waals surface area contributed by atoms with Crippen molar-refractivity contribution < 1.29 is 5.11 Å². The number of aromatic nitrogens is 2. The lowest BCUT2D eigenvalue weighted by Gasteiger charge is -2.35. The van der Waals surface area contributed by atoms with Crippen molar-refractivity contribution in [3.05, 3.63) is 70.9 Å². The summed E-state index contributed by atoms with van der Waals surface area (Å²) in [7, 11) is 0. The van der Waals surface area contributed by atoms with Crippen LogP contribution in [-0.4, -0.2) is 33.1 Å². The lowest BCUT2D eigenvalue weighted by atomic mass is 9.93. The van der Waals surface area contributed by atoms with Gasteiger partial charge in [-0.3, -0.25) is 9.88 Å². The van der Waals surface area contributed by atoms with Gasteiger partial charge in [0.1, 0.15) is 5.01 Å². The van der Waals surface area contributed by atoms with Crippen molar-refractivity contribution >= 4 is 11.3 Å². The van der Waals surface area contributed by atoms with Crippen LogP contribution in [0.2, 0.25) is 0 Å². The van der Waals surface area contributed by atoms with Crippen LogP contribution in [0, 0.1) is 0 Å². The zero-order valence-corrected chi connectivity index (χ0v) is 14.1. The van der Waals surface area contributed by atoms with Crippen LogP contribution in [0.1, 0.15) is 22.9 Å². The van der Waals surface area contributed by atoms with Gasteiger partial charge in [-0.1, -0.05) is 30.3 Å². The van der Waals surface area contributed by atoms with Gasteiger partial charge < -0.3 is 5.11 Å². The van der Waals surface area contributed by atoms with Crippen molar-refractivity contribution in [3.8, 4) is 10.7 Å². The highest BCUT2D eigenvalue weighted by atomic mass is 32.1. The Labute approximate surface area is 145 Å². The SMILES string of the molecule is OCC1c2ccccc2CCN1Cc1csc(-c2ccccn2)n1. The molecule has 2 aromatic heterocycles. The molecule has 0 amide bonds. The maximum Gasteiger partial charge on any atom is 0.142 e. The Morgan fingerprint density at radius 3 is 2.88 bits per heavy atom. The molecule has 4 rings (SSSR count). The molecule has 1 aliphatic rings. The minimum Gasteiger partial charge on any atom is -0.394 e. The van der Waals surface area contributed by atoms with E-state index in [1.165, 1.54) is 11.1 Å². The molecule has 4 nitrogen and oxygen atoms in total. The van der Waals surface area contributed by atoms with Crippen LogP contribution in [0.3, 0.4) is 0 Å². The van der Waals surface area contributed by atoms with E-state index in [2.05, 4.69) is 33.5 Å². The van der Waals surface area contributed by atoms with E-state index in [1.807, 2.05) is 24.3 Å². The van der Waals surface area contributed by atoms with E-state index in [0.717, 1.165) is 35.9 Å². The van der Waals surface area contributed by atoms with Crippen LogP contribution in [-0.2, 0) is 13.0 Å². The van der Waals surface area contributed by atoms with E-state index in [9.17, 15) is 5.11 Å². The van der Waals surface area contributed by atoms with E-state index >= 15 is 0 Å². The van der Waals surface area contributed by atoms with Gasteiger partial charge in [-0.25, -0.2) is 4.98 Å². The molecule has 0 radical (unpaired) electrons. The molecule has 0 saturated heterocycles. The number of hydrogen-bond acceptors (Lipinski definition) is 5. The van der Waals surface area contributed by atoms with Crippen molar-refractivity contribution in [2.24, 2.45) is 0 Å². The summed E-state index contributed by atoms with van der Waals surface area (Å²) in [4.78, 5) is 11.4. The van der Waals surface area contributed by atoms with Gasteiger partial charge in [0.2, 0.25) is 0 Å². The lowest BCUT2D eigenvalue weighted by molar-refractivity contribution is 0.107. The number of aliphatic hydroxyl groups is 1. The first-order chi connectivity index (χ1) is 11.8. The molecule has 1 atom stereocenters. The van der Waals surface area contributed by atoms with Crippen molar-refractivity contribution in [3.63, 3.8) is 0 Å². The second kappa shape index (κ2) is 6.81. The third kappa shape index (κ3) is 2.98. The van der Waals surface area contributed by atoms with Crippen LogP contribution in [0.15, 0.2) is 54.0 Å². The minimum atomic E-state index is 0.0509. The molecular weight excluding hydrogens is 318 g/mol. The van der Waals surface area contributed by atoms with E-state index < -0.39 is 0 Å². The Morgan fingerprint density at radius 1 is 1.17 bits per heavy atom. The highest BCUT2D eigenvalue weighted by Crippen LogP contribution is 2.31. The molecule has 24 heavy (non-hydrogen) atoms. The second-order valence-electron chi connectivity index (χ2n) is 5.98. The highest BCUT2D eigenvalue weighted by molar-refractivity contribution is 7.13. The summed E-state index contributed by atoms with van der Waals surface area (Å²) in [5.74, 6) is 0. The van der Waals surface area contributed by atoms with Gasteiger partial charge in [0.25, 0.3) is 0 Å². The van der Waals surface area contributed by atoms with E-state index in [-0.39, 0.29) is 12.6 Å². The molecule has 0 spiro atoms. The number of fused-ring (bicyclic) bond motifs is 1. The fraction of sp³-hybridized carbons (Fsp3) is 0.263. The first kappa shape index (κ1) is 15.4. The smallest absolute Gasteiger partial charge is 0.142 e. The van der Waals surface area contributed by atoms with E-state index in [1.54, 1.807) is 17.5 Å². The molecule has 0 aliphatic carbocycles. The van der Waals surface area contributed by atoms with E-state index in [4.69, 9.17) is 4.98 Å². The summed E-state index contributed by atoms with van der Waals surface area (Å²) in [6, 6.07) is 14.3. The summed E-state index contributed by atoms with van der Waals surface area (Å²) in [5, 5.41) is 12.9. The van der Waals surface area contributed by atoms with Crippen molar-refractivity contribution in [1.82, 2.24) is 14.9 Å². The molecule has 122 valence electrons. The fourth-order valence-corrected chi connectivity index (χ4v) is 4.09. The van der Waals surface area contributed by atoms with Crippen LogP contribution in [0.5, 0.6) is 0 Å². The summed E-state index contributed by atoms with van der Waals surface area (Å²) in [5.41, 5.74) is 4.54. The third-order valence-corrected chi connectivity index (χ3v) is 5.41. The lowest BCUT2D eigenvalue weighted by Crippen LogP contribution is -2.36. The van der Waals surface area contributed by atoms with Gasteiger partial charge >= 0.3 is 0 Å². The number of rotatable bonds is 4. The molecule has 1 aromatic carbocycles. The Morgan fingerprint density at radius 2 is 2.04 bits per heavy atom. The average molecular weight is 337 g/mol. The van der Waals surface area contributed by atoms with Gasteiger partial charge in [0, 0.05) is 24.7 Å². The quantitative estimate of drug-likeness (QED) is 0.794. The number of hydrogen-bond donors (Lipinski definition) is 1. The van der Waals surface area contributed by atoms with Gasteiger partial charge in [-0.2, -0.15) is 0 Å². The molecule has 0 bridgehead atoms. The molecule has 0 fully saturated rings. The molecule has 1 unspecified atom stereocenters. The predicted octanol–water partition coefficient (Wildman–Crippen LogP) is 3.30. The molecule has 0 saturated carbocycles.